The molecule has 0 unspecified atom stereocenters. The maximum Gasteiger partial charge on any atom is 0.149 e. The molecular weight excluding hydrogens is 244 g/mol. The Hall–Kier alpha value is -1.33. The van der Waals surface area contributed by atoms with Gasteiger partial charge in [0.25, 0.3) is 0 Å². The van der Waals surface area contributed by atoms with Gasteiger partial charge in [-0.05, 0) is 37.9 Å². The summed E-state index contributed by atoms with van der Waals surface area (Å²) in [6, 6.07) is 4.74. The average molecular weight is 260 g/mol. The minimum atomic E-state index is 0.797. The summed E-state index contributed by atoms with van der Waals surface area (Å²) in [5, 5.41) is 14.1. The van der Waals surface area contributed by atoms with Gasteiger partial charge in [0, 0.05) is 30.4 Å². The minimum absolute atomic E-state index is 0.797. The zero-order valence-electron chi connectivity index (χ0n) is 10.2. The summed E-state index contributed by atoms with van der Waals surface area (Å²) >= 11 is 1.67. The molecule has 0 bridgehead atoms. The van der Waals surface area contributed by atoms with Gasteiger partial charge in [0.2, 0.25) is 0 Å². The Bertz CT molecular complexity index is 493. The Morgan fingerprint density at radius 3 is 3.06 bits per heavy atom. The van der Waals surface area contributed by atoms with Gasteiger partial charge in [-0.1, -0.05) is 11.3 Å². The number of nitrogens with one attached hydrogen (secondary N) is 1. The van der Waals surface area contributed by atoms with Crippen LogP contribution in [0.5, 0.6) is 0 Å². The van der Waals surface area contributed by atoms with Crippen molar-refractivity contribution in [3.8, 4) is 10.6 Å². The smallest absolute Gasteiger partial charge is 0.149 e. The van der Waals surface area contributed by atoms with Crippen molar-refractivity contribution in [2.75, 3.05) is 6.54 Å². The van der Waals surface area contributed by atoms with Crippen LogP contribution in [0.2, 0.25) is 0 Å². The summed E-state index contributed by atoms with van der Waals surface area (Å²) in [4.78, 5) is 4.10. The van der Waals surface area contributed by atoms with Crippen LogP contribution in [0.4, 0.5) is 0 Å². The normalized spacial score (nSPS) is 14.9. The van der Waals surface area contributed by atoms with Crippen LogP contribution >= 0.6 is 11.3 Å². The van der Waals surface area contributed by atoms with Gasteiger partial charge >= 0.3 is 0 Å². The quantitative estimate of drug-likeness (QED) is 0.810. The first kappa shape index (κ1) is 11.7. The molecule has 18 heavy (non-hydrogen) atoms. The fraction of sp³-hybridized carbons (Fsp3) is 0.462. The molecule has 0 radical (unpaired) electrons. The van der Waals surface area contributed by atoms with Gasteiger partial charge in [-0.25, -0.2) is 0 Å². The lowest BCUT2D eigenvalue weighted by Gasteiger charge is -1.99. The monoisotopic (exact) mass is 260 g/mol. The molecule has 5 heteroatoms. The topological polar surface area (TPSA) is 50.7 Å². The molecule has 2 aromatic rings. The zero-order valence-corrected chi connectivity index (χ0v) is 11.0. The van der Waals surface area contributed by atoms with E-state index in [2.05, 4.69) is 20.5 Å². The van der Waals surface area contributed by atoms with Crippen LogP contribution in [0.15, 0.2) is 24.5 Å². The molecule has 1 fully saturated rings. The van der Waals surface area contributed by atoms with Gasteiger partial charge in [0.05, 0.1) is 0 Å². The van der Waals surface area contributed by atoms with Crippen molar-refractivity contribution in [3.63, 3.8) is 0 Å². The summed E-state index contributed by atoms with van der Waals surface area (Å²) < 4.78 is 0. The highest BCUT2D eigenvalue weighted by Gasteiger charge is 2.19. The molecule has 0 saturated heterocycles. The maximum absolute atomic E-state index is 4.24. The highest BCUT2D eigenvalue weighted by molar-refractivity contribution is 7.14. The van der Waals surface area contributed by atoms with Gasteiger partial charge in [-0.3, -0.25) is 4.98 Å². The first-order valence-corrected chi connectivity index (χ1v) is 7.19. The number of aryl methyl sites for hydroxylation is 1. The number of aromatic nitrogens is 3. The highest BCUT2D eigenvalue weighted by atomic mass is 32.1. The third kappa shape index (κ3) is 3.11. The number of nitrogens with zero attached hydrogens (tertiary/aromatic N) is 3. The van der Waals surface area contributed by atoms with E-state index in [1.165, 1.54) is 12.8 Å². The Morgan fingerprint density at radius 2 is 2.28 bits per heavy atom. The SMILES string of the molecule is c1cncc(-c2nnc(CCCNC3CC3)s2)c1. The van der Waals surface area contributed by atoms with E-state index in [0.717, 1.165) is 41.0 Å². The lowest BCUT2D eigenvalue weighted by atomic mass is 10.3. The van der Waals surface area contributed by atoms with E-state index in [0.29, 0.717) is 0 Å². The van der Waals surface area contributed by atoms with Crippen molar-refractivity contribution in [2.45, 2.75) is 31.7 Å². The Morgan fingerprint density at radius 1 is 1.33 bits per heavy atom. The van der Waals surface area contributed by atoms with E-state index >= 15 is 0 Å². The molecule has 4 nitrogen and oxygen atoms in total. The molecule has 0 spiro atoms. The molecule has 3 rings (SSSR count). The van der Waals surface area contributed by atoms with Gasteiger partial charge in [-0.15, -0.1) is 10.2 Å². The van der Waals surface area contributed by atoms with Gasteiger partial charge in [-0.2, -0.15) is 0 Å². The summed E-state index contributed by atoms with van der Waals surface area (Å²) in [6.07, 6.45) is 8.46. The molecule has 94 valence electrons. The second-order valence-electron chi connectivity index (χ2n) is 4.57. The van der Waals surface area contributed by atoms with Crippen LogP contribution in [-0.4, -0.2) is 27.8 Å². The third-order valence-electron chi connectivity index (χ3n) is 2.95. The summed E-state index contributed by atoms with van der Waals surface area (Å²) in [6.45, 7) is 1.09. The highest BCUT2D eigenvalue weighted by Crippen LogP contribution is 2.23. The Labute approximate surface area is 110 Å². The molecule has 0 atom stereocenters. The Balaban J connectivity index is 1.52. The maximum atomic E-state index is 4.24. The molecule has 1 aliphatic carbocycles. The van der Waals surface area contributed by atoms with E-state index in [9.17, 15) is 0 Å². The Kier molecular flexibility index (Phi) is 3.61. The zero-order chi connectivity index (χ0) is 12.2. The van der Waals surface area contributed by atoms with Gasteiger partial charge < -0.3 is 5.32 Å². The van der Waals surface area contributed by atoms with E-state index < -0.39 is 0 Å². The number of rotatable bonds is 6. The van der Waals surface area contributed by atoms with Crippen molar-refractivity contribution in [3.05, 3.63) is 29.5 Å². The number of hydrogen-bond donors (Lipinski definition) is 1. The van der Waals surface area contributed by atoms with Crippen LogP contribution in [0.1, 0.15) is 24.3 Å². The molecule has 2 heterocycles. The molecule has 0 aliphatic heterocycles. The molecule has 0 aromatic carbocycles. The van der Waals surface area contributed by atoms with E-state index in [-0.39, 0.29) is 0 Å². The van der Waals surface area contributed by atoms with Crippen molar-refractivity contribution in [1.29, 1.82) is 0 Å². The molecular formula is C13H16N4S. The standard InChI is InChI=1S/C13H16N4S/c1-3-10(9-14-7-1)13-17-16-12(18-13)4-2-8-15-11-5-6-11/h1,3,7,9,11,15H,2,4-6,8H2. The number of hydrogen-bond acceptors (Lipinski definition) is 5. The lowest BCUT2D eigenvalue weighted by molar-refractivity contribution is 0.643. The third-order valence-corrected chi connectivity index (χ3v) is 3.99. The summed E-state index contributed by atoms with van der Waals surface area (Å²) in [5.74, 6) is 0. The fourth-order valence-electron chi connectivity index (χ4n) is 1.79. The fourth-order valence-corrected chi connectivity index (χ4v) is 2.67. The molecule has 1 saturated carbocycles. The predicted octanol–water partition coefficient (Wildman–Crippen LogP) is 2.28. The van der Waals surface area contributed by atoms with Crippen molar-refractivity contribution in [2.24, 2.45) is 0 Å². The van der Waals surface area contributed by atoms with Gasteiger partial charge in [0.1, 0.15) is 10.0 Å². The summed E-state index contributed by atoms with van der Waals surface area (Å²) in [5.41, 5.74) is 1.05. The second-order valence-corrected chi connectivity index (χ2v) is 5.64. The second kappa shape index (κ2) is 5.54. The molecule has 2 aromatic heterocycles. The predicted molar refractivity (Wildman–Crippen MR) is 72.5 cm³/mol. The van der Waals surface area contributed by atoms with E-state index in [1.807, 2.05) is 18.3 Å². The van der Waals surface area contributed by atoms with E-state index in [1.54, 1.807) is 17.5 Å². The van der Waals surface area contributed by atoms with Crippen molar-refractivity contribution in [1.82, 2.24) is 20.5 Å². The average Bonchev–Trinajstić information content (AvgIpc) is 3.12. The number of pyridine rings is 1. The molecule has 1 aliphatic rings. The van der Waals surface area contributed by atoms with Crippen LogP contribution < -0.4 is 5.32 Å². The molecule has 1 N–H and O–H groups in total. The van der Waals surface area contributed by atoms with E-state index in [4.69, 9.17) is 0 Å². The van der Waals surface area contributed by atoms with Crippen LogP contribution in [0, 0.1) is 0 Å². The van der Waals surface area contributed by atoms with Crippen LogP contribution in [0.25, 0.3) is 10.6 Å². The largest absolute Gasteiger partial charge is 0.314 e. The summed E-state index contributed by atoms with van der Waals surface area (Å²) in [7, 11) is 0. The van der Waals surface area contributed by atoms with Crippen molar-refractivity contribution < 1.29 is 0 Å². The van der Waals surface area contributed by atoms with Crippen LogP contribution in [-0.2, 0) is 6.42 Å². The molecule has 0 amide bonds. The lowest BCUT2D eigenvalue weighted by Crippen LogP contribution is -2.17. The minimum Gasteiger partial charge on any atom is -0.314 e. The van der Waals surface area contributed by atoms with Crippen LogP contribution in [0.3, 0.4) is 0 Å². The first-order chi connectivity index (χ1) is 8.92. The first-order valence-electron chi connectivity index (χ1n) is 6.38. The van der Waals surface area contributed by atoms with Gasteiger partial charge in [0.15, 0.2) is 0 Å². The van der Waals surface area contributed by atoms with Crippen molar-refractivity contribution >= 4 is 11.3 Å².